The Kier molecular flexibility index (Phi) is 3.94. The van der Waals surface area contributed by atoms with Gasteiger partial charge in [0.15, 0.2) is 0 Å². The van der Waals surface area contributed by atoms with Crippen LogP contribution in [0.4, 0.5) is 4.39 Å². The SMILES string of the molecule is CC(=O)NN=C1c2ccc(F)cc2CC1c1ccc(Cl)cc1. The number of hydrogen-bond donors (Lipinski definition) is 1. The zero-order chi connectivity index (χ0) is 15.7. The van der Waals surface area contributed by atoms with Crippen LogP contribution in [-0.4, -0.2) is 11.6 Å². The molecule has 22 heavy (non-hydrogen) atoms. The Morgan fingerprint density at radius 3 is 2.68 bits per heavy atom. The minimum Gasteiger partial charge on any atom is -0.274 e. The number of carbonyl (C=O) groups excluding carboxylic acids is 1. The minimum atomic E-state index is -0.269. The van der Waals surface area contributed by atoms with Gasteiger partial charge in [-0.3, -0.25) is 4.79 Å². The molecule has 3 nitrogen and oxygen atoms in total. The molecule has 0 spiro atoms. The minimum absolute atomic E-state index is 0.0269. The molecule has 2 aromatic rings. The lowest BCUT2D eigenvalue weighted by molar-refractivity contribution is -0.118. The molecule has 0 saturated carbocycles. The van der Waals surface area contributed by atoms with Gasteiger partial charge in [-0.15, -0.1) is 0 Å². The van der Waals surface area contributed by atoms with Gasteiger partial charge in [0.2, 0.25) is 5.91 Å². The lowest BCUT2D eigenvalue weighted by atomic mass is 9.95. The summed E-state index contributed by atoms with van der Waals surface area (Å²) in [5.41, 5.74) is 6.02. The number of nitrogens with one attached hydrogen (secondary N) is 1. The molecule has 0 aliphatic heterocycles. The molecule has 1 aliphatic carbocycles. The van der Waals surface area contributed by atoms with Crippen LogP contribution in [0.15, 0.2) is 47.6 Å². The standard InChI is InChI=1S/C17H14ClFN2O/c1-10(22)20-21-17-15-7-6-14(19)8-12(15)9-16(17)11-2-4-13(18)5-3-11/h2-8,16H,9H2,1H3,(H,20,22). The molecule has 2 aromatic carbocycles. The highest BCUT2D eigenvalue weighted by Crippen LogP contribution is 2.35. The molecule has 0 aromatic heterocycles. The van der Waals surface area contributed by atoms with Gasteiger partial charge < -0.3 is 0 Å². The van der Waals surface area contributed by atoms with E-state index in [-0.39, 0.29) is 17.6 Å². The van der Waals surface area contributed by atoms with Crippen molar-refractivity contribution in [2.24, 2.45) is 5.10 Å². The maximum absolute atomic E-state index is 13.5. The van der Waals surface area contributed by atoms with Gasteiger partial charge in [-0.25, -0.2) is 9.82 Å². The van der Waals surface area contributed by atoms with Crippen molar-refractivity contribution in [3.05, 3.63) is 70.0 Å². The maximum Gasteiger partial charge on any atom is 0.236 e. The predicted octanol–water partition coefficient (Wildman–Crippen LogP) is 3.66. The van der Waals surface area contributed by atoms with Crippen molar-refractivity contribution < 1.29 is 9.18 Å². The van der Waals surface area contributed by atoms with Gasteiger partial charge in [-0.1, -0.05) is 23.7 Å². The number of rotatable bonds is 2. The second kappa shape index (κ2) is 5.89. The third-order valence-electron chi connectivity index (χ3n) is 3.70. The first-order valence-corrected chi connectivity index (χ1v) is 7.31. The summed E-state index contributed by atoms with van der Waals surface area (Å²) in [6.07, 6.45) is 0.646. The summed E-state index contributed by atoms with van der Waals surface area (Å²) in [6.45, 7) is 1.40. The number of hydrogen-bond acceptors (Lipinski definition) is 2. The third kappa shape index (κ3) is 2.88. The van der Waals surface area contributed by atoms with Crippen LogP contribution in [-0.2, 0) is 11.2 Å². The van der Waals surface area contributed by atoms with E-state index in [1.807, 2.05) is 24.3 Å². The van der Waals surface area contributed by atoms with E-state index in [2.05, 4.69) is 10.5 Å². The number of amides is 1. The van der Waals surface area contributed by atoms with Gasteiger partial charge in [-0.05, 0) is 47.9 Å². The average Bonchev–Trinajstić information content (AvgIpc) is 2.83. The fraction of sp³-hybridized carbons (Fsp3) is 0.176. The first-order valence-electron chi connectivity index (χ1n) is 6.93. The van der Waals surface area contributed by atoms with E-state index in [0.717, 1.165) is 22.4 Å². The van der Waals surface area contributed by atoms with Crippen molar-refractivity contribution in [3.63, 3.8) is 0 Å². The van der Waals surface area contributed by atoms with Crippen LogP contribution in [0.2, 0.25) is 5.02 Å². The Morgan fingerprint density at radius 1 is 1.27 bits per heavy atom. The van der Waals surface area contributed by atoms with Crippen LogP contribution in [0.3, 0.4) is 0 Å². The highest BCUT2D eigenvalue weighted by Gasteiger charge is 2.30. The molecule has 1 N–H and O–H groups in total. The Bertz CT molecular complexity index is 756. The molecule has 1 amide bonds. The highest BCUT2D eigenvalue weighted by atomic mass is 35.5. The Hall–Kier alpha value is -2.20. The van der Waals surface area contributed by atoms with E-state index in [1.165, 1.54) is 19.1 Å². The highest BCUT2D eigenvalue weighted by molar-refractivity contribution is 6.30. The molecule has 0 radical (unpaired) electrons. The Balaban J connectivity index is 2.04. The van der Waals surface area contributed by atoms with Gasteiger partial charge >= 0.3 is 0 Å². The number of carbonyl (C=O) groups is 1. The number of halogens is 2. The summed E-state index contributed by atoms with van der Waals surface area (Å²) in [5.74, 6) is -0.534. The van der Waals surface area contributed by atoms with Gasteiger partial charge in [0.25, 0.3) is 0 Å². The van der Waals surface area contributed by atoms with Crippen LogP contribution < -0.4 is 5.43 Å². The maximum atomic E-state index is 13.5. The third-order valence-corrected chi connectivity index (χ3v) is 3.96. The fourth-order valence-electron chi connectivity index (χ4n) is 2.73. The summed E-state index contributed by atoms with van der Waals surface area (Å²) in [7, 11) is 0. The van der Waals surface area contributed by atoms with E-state index < -0.39 is 0 Å². The molecule has 3 rings (SSSR count). The average molecular weight is 317 g/mol. The summed E-state index contributed by atoms with van der Waals surface area (Å²) in [5, 5.41) is 4.89. The molecule has 1 atom stereocenters. The van der Waals surface area contributed by atoms with Crippen LogP contribution in [0.1, 0.15) is 29.5 Å². The normalized spacial score (nSPS) is 18.3. The molecule has 0 heterocycles. The first kappa shape index (κ1) is 14.7. The van der Waals surface area contributed by atoms with E-state index in [1.54, 1.807) is 6.07 Å². The zero-order valence-corrected chi connectivity index (χ0v) is 12.7. The summed E-state index contributed by atoms with van der Waals surface area (Å²) in [4.78, 5) is 11.2. The lowest BCUT2D eigenvalue weighted by Crippen LogP contribution is -2.18. The van der Waals surface area contributed by atoms with Gasteiger partial charge in [0.05, 0.1) is 5.71 Å². The summed E-state index contributed by atoms with van der Waals surface area (Å²) in [6, 6.07) is 12.1. The van der Waals surface area contributed by atoms with Gasteiger partial charge in [0.1, 0.15) is 5.82 Å². The lowest BCUT2D eigenvalue weighted by Gasteiger charge is -2.12. The van der Waals surface area contributed by atoms with E-state index in [4.69, 9.17) is 11.6 Å². The summed E-state index contributed by atoms with van der Waals surface area (Å²) < 4.78 is 13.5. The van der Waals surface area contributed by atoms with Crippen LogP contribution in [0, 0.1) is 5.82 Å². The largest absolute Gasteiger partial charge is 0.274 e. The van der Waals surface area contributed by atoms with Crippen molar-refractivity contribution >= 4 is 23.2 Å². The Labute approximate surface area is 132 Å². The number of hydrazone groups is 1. The van der Waals surface area contributed by atoms with Crippen molar-refractivity contribution in [1.82, 2.24) is 5.43 Å². The molecule has 0 bridgehead atoms. The topological polar surface area (TPSA) is 41.5 Å². The molecular weight excluding hydrogens is 303 g/mol. The van der Waals surface area contributed by atoms with Gasteiger partial charge in [-0.2, -0.15) is 5.10 Å². The van der Waals surface area contributed by atoms with Crippen molar-refractivity contribution in [3.8, 4) is 0 Å². The van der Waals surface area contributed by atoms with Crippen molar-refractivity contribution in [2.45, 2.75) is 19.3 Å². The quantitative estimate of drug-likeness (QED) is 0.844. The van der Waals surface area contributed by atoms with E-state index in [0.29, 0.717) is 11.4 Å². The van der Waals surface area contributed by atoms with Crippen LogP contribution in [0.5, 0.6) is 0 Å². The van der Waals surface area contributed by atoms with Crippen LogP contribution >= 0.6 is 11.6 Å². The zero-order valence-electron chi connectivity index (χ0n) is 11.9. The van der Waals surface area contributed by atoms with Crippen LogP contribution in [0.25, 0.3) is 0 Å². The van der Waals surface area contributed by atoms with E-state index in [9.17, 15) is 9.18 Å². The van der Waals surface area contributed by atoms with E-state index >= 15 is 0 Å². The van der Waals surface area contributed by atoms with Gasteiger partial charge in [0, 0.05) is 23.4 Å². The number of fused-ring (bicyclic) bond motifs is 1. The molecule has 1 aliphatic rings. The second-order valence-corrected chi connectivity index (χ2v) is 5.71. The first-order chi connectivity index (χ1) is 10.5. The summed E-state index contributed by atoms with van der Waals surface area (Å²) >= 11 is 5.93. The molecular formula is C17H14ClFN2O. The smallest absolute Gasteiger partial charge is 0.236 e. The molecule has 0 saturated heterocycles. The number of benzene rings is 2. The van der Waals surface area contributed by atoms with Crippen molar-refractivity contribution in [1.29, 1.82) is 0 Å². The fourth-order valence-corrected chi connectivity index (χ4v) is 2.86. The number of nitrogens with zero attached hydrogens (tertiary/aromatic N) is 1. The molecule has 0 fully saturated rings. The van der Waals surface area contributed by atoms with Crippen molar-refractivity contribution in [2.75, 3.05) is 0 Å². The Morgan fingerprint density at radius 2 is 2.00 bits per heavy atom. The predicted molar refractivity (Wildman–Crippen MR) is 84.7 cm³/mol. The monoisotopic (exact) mass is 316 g/mol. The molecule has 5 heteroatoms. The molecule has 1 unspecified atom stereocenters. The second-order valence-electron chi connectivity index (χ2n) is 5.27. The molecule has 112 valence electrons.